The van der Waals surface area contributed by atoms with Crippen molar-refractivity contribution in [1.82, 2.24) is 0 Å². The number of hydrogen-bond donors (Lipinski definition) is 1. The molecule has 124 valence electrons. The van der Waals surface area contributed by atoms with Gasteiger partial charge in [0, 0.05) is 4.47 Å². The van der Waals surface area contributed by atoms with Crippen molar-refractivity contribution in [3.8, 4) is 0 Å². The van der Waals surface area contributed by atoms with Gasteiger partial charge in [0.05, 0.1) is 6.61 Å². The highest BCUT2D eigenvalue weighted by molar-refractivity contribution is 9.10. The lowest BCUT2D eigenvalue weighted by molar-refractivity contribution is -0.167. The topological polar surface area (TPSA) is 46.5 Å². The summed E-state index contributed by atoms with van der Waals surface area (Å²) in [5.74, 6) is -0.409. The van der Waals surface area contributed by atoms with E-state index in [2.05, 4.69) is 22.5 Å². The van der Waals surface area contributed by atoms with Gasteiger partial charge in [-0.05, 0) is 62.9 Å². The fraction of sp³-hybridized carbons (Fsp3) is 0.421. The standard InChI is InChI=1S/C19H23BrO3/c1-6-15(12(3)4)19(17(21)23-7-2)11-13-10-14(20)8-9-16(13)18(19,5)22/h6,8-10,22H,1,7,11H2,2-5H3/t18-,19+/m1/s1. The number of carbonyl (C=O) groups excluding carboxylic acids is 1. The lowest BCUT2D eigenvalue weighted by Crippen LogP contribution is -2.49. The Labute approximate surface area is 146 Å². The molecule has 0 unspecified atom stereocenters. The van der Waals surface area contributed by atoms with Gasteiger partial charge in [-0.1, -0.05) is 40.2 Å². The predicted octanol–water partition coefficient (Wildman–Crippen LogP) is 4.28. The molecule has 0 saturated carbocycles. The predicted molar refractivity (Wildman–Crippen MR) is 95.1 cm³/mol. The molecule has 0 spiro atoms. The number of rotatable bonds is 4. The van der Waals surface area contributed by atoms with E-state index in [1.165, 1.54) is 0 Å². The zero-order valence-corrected chi connectivity index (χ0v) is 15.7. The van der Waals surface area contributed by atoms with E-state index in [4.69, 9.17) is 4.74 Å². The van der Waals surface area contributed by atoms with Gasteiger partial charge in [-0.15, -0.1) is 0 Å². The molecule has 2 rings (SSSR count). The molecular formula is C19H23BrO3. The first-order valence-electron chi connectivity index (χ1n) is 7.71. The Morgan fingerprint density at radius 1 is 1.48 bits per heavy atom. The molecule has 23 heavy (non-hydrogen) atoms. The minimum absolute atomic E-state index is 0.268. The number of ether oxygens (including phenoxy) is 1. The summed E-state index contributed by atoms with van der Waals surface area (Å²) in [5, 5.41) is 11.4. The molecular weight excluding hydrogens is 356 g/mol. The number of carbonyl (C=O) groups is 1. The number of fused-ring (bicyclic) bond motifs is 1. The number of benzene rings is 1. The highest BCUT2D eigenvalue weighted by atomic mass is 79.9. The quantitative estimate of drug-likeness (QED) is 0.627. The second-order valence-electron chi connectivity index (χ2n) is 6.29. The van der Waals surface area contributed by atoms with Gasteiger partial charge in [0.1, 0.15) is 11.0 Å². The first kappa shape index (κ1) is 18.0. The highest BCUT2D eigenvalue weighted by Crippen LogP contribution is 2.56. The van der Waals surface area contributed by atoms with Crippen molar-refractivity contribution in [3.05, 3.63) is 57.6 Å². The molecule has 0 radical (unpaired) electrons. The van der Waals surface area contributed by atoms with Crippen LogP contribution in [-0.2, 0) is 21.6 Å². The lowest BCUT2D eigenvalue weighted by Gasteiger charge is -2.40. The van der Waals surface area contributed by atoms with Gasteiger partial charge in [-0.3, -0.25) is 4.79 Å². The number of halogens is 1. The van der Waals surface area contributed by atoms with Crippen LogP contribution in [0.1, 0.15) is 38.8 Å². The highest BCUT2D eigenvalue weighted by Gasteiger charge is 2.61. The Hall–Kier alpha value is -1.39. The molecule has 0 amide bonds. The molecule has 1 aliphatic carbocycles. The average Bonchev–Trinajstić information content (AvgIpc) is 2.68. The van der Waals surface area contributed by atoms with Gasteiger partial charge in [-0.25, -0.2) is 0 Å². The van der Waals surface area contributed by atoms with E-state index in [1.54, 1.807) is 19.9 Å². The Kier molecular flexibility index (Phi) is 4.88. The Bertz CT molecular complexity index is 684. The summed E-state index contributed by atoms with van der Waals surface area (Å²) in [4.78, 5) is 13.0. The van der Waals surface area contributed by atoms with Gasteiger partial charge >= 0.3 is 5.97 Å². The first-order chi connectivity index (χ1) is 10.7. The van der Waals surface area contributed by atoms with E-state index in [9.17, 15) is 9.90 Å². The Morgan fingerprint density at radius 3 is 2.65 bits per heavy atom. The van der Waals surface area contributed by atoms with E-state index in [1.807, 2.05) is 32.0 Å². The third-order valence-electron chi connectivity index (χ3n) is 4.70. The van der Waals surface area contributed by atoms with Crippen LogP contribution in [0.4, 0.5) is 0 Å². The summed E-state index contributed by atoms with van der Waals surface area (Å²) in [6.07, 6.45) is 2.06. The zero-order chi connectivity index (χ0) is 17.4. The molecule has 0 saturated heterocycles. The molecule has 1 aromatic rings. The minimum atomic E-state index is -1.37. The van der Waals surface area contributed by atoms with Crippen molar-refractivity contribution in [3.63, 3.8) is 0 Å². The van der Waals surface area contributed by atoms with Crippen molar-refractivity contribution >= 4 is 21.9 Å². The van der Waals surface area contributed by atoms with Crippen LogP contribution in [0.5, 0.6) is 0 Å². The number of aliphatic hydroxyl groups is 1. The average molecular weight is 379 g/mol. The molecule has 1 aromatic carbocycles. The van der Waals surface area contributed by atoms with E-state index < -0.39 is 17.0 Å². The second kappa shape index (κ2) is 6.25. The molecule has 1 aliphatic rings. The monoisotopic (exact) mass is 378 g/mol. The minimum Gasteiger partial charge on any atom is -0.465 e. The van der Waals surface area contributed by atoms with Gasteiger partial charge in [0.25, 0.3) is 0 Å². The largest absolute Gasteiger partial charge is 0.465 e. The van der Waals surface area contributed by atoms with Crippen LogP contribution < -0.4 is 0 Å². The van der Waals surface area contributed by atoms with Crippen molar-refractivity contribution in [2.45, 2.75) is 39.7 Å². The fourth-order valence-corrected chi connectivity index (χ4v) is 4.08. The summed E-state index contributed by atoms with van der Waals surface area (Å²) in [5.41, 5.74) is 0.837. The third kappa shape index (κ3) is 2.58. The maximum atomic E-state index is 13.0. The molecule has 1 N–H and O–H groups in total. The maximum Gasteiger partial charge on any atom is 0.320 e. The van der Waals surface area contributed by atoms with Gasteiger partial charge < -0.3 is 9.84 Å². The van der Waals surface area contributed by atoms with Crippen molar-refractivity contribution in [1.29, 1.82) is 0 Å². The number of allylic oxidation sites excluding steroid dienone is 2. The van der Waals surface area contributed by atoms with Crippen LogP contribution in [0.15, 0.2) is 46.5 Å². The molecule has 0 heterocycles. The molecule has 0 aromatic heterocycles. The van der Waals surface area contributed by atoms with Crippen LogP contribution in [0.3, 0.4) is 0 Å². The molecule has 0 fully saturated rings. The Balaban J connectivity index is 2.77. The van der Waals surface area contributed by atoms with E-state index >= 15 is 0 Å². The third-order valence-corrected chi connectivity index (χ3v) is 5.20. The normalized spacial score (nSPS) is 25.7. The van der Waals surface area contributed by atoms with Crippen molar-refractivity contribution in [2.24, 2.45) is 5.41 Å². The summed E-state index contributed by atoms with van der Waals surface area (Å²) < 4.78 is 6.29. The molecule has 2 atom stereocenters. The van der Waals surface area contributed by atoms with Crippen LogP contribution in [0.2, 0.25) is 0 Å². The van der Waals surface area contributed by atoms with Crippen LogP contribution in [0.25, 0.3) is 0 Å². The summed E-state index contributed by atoms with van der Waals surface area (Å²) in [6, 6.07) is 5.70. The summed E-state index contributed by atoms with van der Waals surface area (Å²) in [6.45, 7) is 11.5. The molecule has 0 aliphatic heterocycles. The molecule has 3 nitrogen and oxygen atoms in total. The van der Waals surface area contributed by atoms with Crippen LogP contribution >= 0.6 is 15.9 Å². The lowest BCUT2D eigenvalue weighted by atomic mass is 9.66. The van der Waals surface area contributed by atoms with Crippen LogP contribution in [-0.4, -0.2) is 17.7 Å². The van der Waals surface area contributed by atoms with Gasteiger partial charge in [0.2, 0.25) is 0 Å². The summed E-state index contributed by atoms with van der Waals surface area (Å²) in [7, 11) is 0. The van der Waals surface area contributed by atoms with E-state index in [0.717, 1.165) is 26.7 Å². The van der Waals surface area contributed by atoms with Crippen molar-refractivity contribution in [2.75, 3.05) is 6.61 Å². The second-order valence-corrected chi connectivity index (χ2v) is 7.21. The SMILES string of the molecule is C=CC(=C(C)C)[C@]1(C(=O)OCC)Cc2cc(Br)ccc2[C@@]1(C)O. The number of esters is 1. The van der Waals surface area contributed by atoms with Gasteiger partial charge in [0.15, 0.2) is 0 Å². The zero-order valence-electron chi connectivity index (χ0n) is 14.1. The first-order valence-corrected chi connectivity index (χ1v) is 8.50. The smallest absolute Gasteiger partial charge is 0.320 e. The van der Waals surface area contributed by atoms with Gasteiger partial charge in [-0.2, -0.15) is 0 Å². The maximum absolute atomic E-state index is 13.0. The summed E-state index contributed by atoms with van der Waals surface area (Å²) >= 11 is 3.46. The van der Waals surface area contributed by atoms with E-state index in [-0.39, 0.29) is 6.61 Å². The van der Waals surface area contributed by atoms with Crippen LogP contribution in [0, 0.1) is 5.41 Å². The van der Waals surface area contributed by atoms with E-state index in [0.29, 0.717) is 6.42 Å². The fourth-order valence-electron chi connectivity index (χ4n) is 3.67. The Morgan fingerprint density at radius 2 is 2.13 bits per heavy atom. The number of hydrogen-bond acceptors (Lipinski definition) is 3. The van der Waals surface area contributed by atoms with Crippen molar-refractivity contribution < 1.29 is 14.6 Å². The molecule has 0 bridgehead atoms. The molecule has 4 heteroatoms.